The van der Waals surface area contributed by atoms with Gasteiger partial charge in [-0.15, -0.1) is 0 Å². The van der Waals surface area contributed by atoms with Gasteiger partial charge in [0, 0.05) is 37.8 Å². The van der Waals surface area contributed by atoms with Crippen molar-refractivity contribution in [3.8, 4) is 0 Å². The van der Waals surface area contributed by atoms with Crippen LogP contribution in [0.3, 0.4) is 0 Å². The van der Waals surface area contributed by atoms with E-state index in [4.69, 9.17) is 5.73 Å². The van der Waals surface area contributed by atoms with Crippen LogP contribution in [0.25, 0.3) is 0 Å². The van der Waals surface area contributed by atoms with Gasteiger partial charge in [-0.2, -0.15) is 0 Å². The Kier molecular flexibility index (Phi) is 4.37. The number of piperazine rings is 1. The predicted molar refractivity (Wildman–Crippen MR) is 73.2 cm³/mol. The molecule has 106 valence electrons. The lowest BCUT2D eigenvalue weighted by Crippen LogP contribution is -2.52. The Bertz CT molecular complexity index is 451. The fraction of sp³-hybridized carbons (Fsp3) is 0.571. The summed E-state index contributed by atoms with van der Waals surface area (Å²) in [6.07, 6.45) is 0. The Hall–Kier alpha value is -1.20. The lowest BCUT2D eigenvalue weighted by molar-refractivity contribution is 0.199. The highest BCUT2D eigenvalue weighted by Gasteiger charge is 2.25. The van der Waals surface area contributed by atoms with Gasteiger partial charge in [-0.05, 0) is 19.5 Å². The Morgan fingerprint density at radius 3 is 2.58 bits per heavy atom. The smallest absolute Gasteiger partial charge is 0.182 e. The van der Waals surface area contributed by atoms with E-state index >= 15 is 0 Å². The molecule has 5 heteroatoms. The van der Waals surface area contributed by atoms with Crippen LogP contribution in [-0.2, 0) is 6.54 Å². The third-order valence-electron chi connectivity index (χ3n) is 3.87. The second kappa shape index (κ2) is 5.84. The van der Waals surface area contributed by atoms with E-state index < -0.39 is 11.6 Å². The van der Waals surface area contributed by atoms with Crippen LogP contribution in [-0.4, -0.2) is 37.1 Å². The summed E-state index contributed by atoms with van der Waals surface area (Å²) in [6, 6.07) is 3.55. The summed E-state index contributed by atoms with van der Waals surface area (Å²) < 4.78 is 27.8. The Morgan fingerprint density at radius 1 is 1.26 bits per heavy atom. The van der Waals surface area contributed by atoms with Crippen LogP contribution < -0.4 is 10.6 Å². The first kappa shape index (κ1) is 14.2. The maximum Gasteiger partial charge on any atom is 0.182 e. The van der Waals surface area contributed by atoms with Gasteiger partial charge < -0.3 is 10.6 Å². The van der Waals surface area contributed by atoms with Crippen LogP contribution >= 0.6 is 0 Å². The first-order chi connectivity index (χ1) is 9.08. The fourth-order valence-electron chi connectivity index (χ4n) is 2.66. The second-order valence-corrected chi connectivity index (χ2v) is 5.00. The average Bonchev–Trinajstić information content (AvgIpc) is 2.41. The van der Waals surface area contributed by atoms with Crippen molar-refractivity contribution in [3.63, 3.8) is 0 Å². The van der Waals surface area contributed by atoms with Gasteiger partial charge in [0.2, 0.25) is 0 Å². The van der Waals surface area contributed by atoms with Crippen molar-refractivity contribution in [2.75, 3.05) is 31.1 Å². The van der Waals surface area contributed by atoms with Crippen LogP contribution in [0.4, 0.5) is 14.5 Å². The SMILES string of the molecule is CCN1CCN(c2ccc(CN)c(F)c2F)CC1C. The summed E-state index contributed by atoms with van der Waals surface area (Å²) in [5.74, 6) is -1.59. The van der Waals surface area contributed by atoms with Gasteiger partial charge in [-0.3, -0.25) is 4.90 Å². The molecule has 0 spiro atoms. The van der Waals surface area contributed by atoms with Crippen molar-refractivity contribution in [3.05, 3.63) is 29.3 Å². The van der Waals surface area contributed by atoms with E-state index in [0.29, 0.717) is 18.3 Å². The van der Waals surface area contributed by atoms with E-state index in [0.717, 1.165) is 19.6 Å². The first-order valence-corrected chi connectivity index (χ1v) is 6.74. The Morgan fingerprint density at radius 2 is 2.00 bits per heavy atom. The largest absolute Gasteiger partial charge is 0.366 e. The van der Waals surface area contributed by atoms with Crippen molar-refractivity contribution < 1.29 is 8.78 Å². The zero-order valence-electron chi connectivity index (χ0n) is 11.5. The summed E-state index contributed by atoms with van der Waals surface area (Å²) in [7, 11) is 0. The molecule has 0 bridgehead atoms. The van der Waals surface area contributed by atoms with E-state index in [1.165, 1.54) is 0 Å². The monoisotopic (exact) mass is 269 g/mol. The molecule has 0 radical (unpaired) electrons. The minimum Gasteiger partial charge on any atom is -0.366 e. The number of likely N-dealkylation sites (N-methyl/N-ethyl adjacent to an activating group) is 1. The van der Waals surface area contributed by atoms with Crippen LogP contribution in [0, 0.1) is 11.6 Å². The molecule has 0 saturated carbocycles. The van der Waals surface area contributed by atoms with E-state index in [1.54, 1.807) is 12.1 Å². The highest BCUT2D eigenvalue weighted by atomic mass is 19.2. The summed E-state index contributed by atoms with van der Waals surface area (Å²) in [4.78, 5) is 4.24. The quantitative estimate of drug-likeness (QED) is 0.910. The topological polar surface area (TPSA) is 32.5 Å². The highest BCUT2D eigenvalue weighted by molar-refractivity contribution is 5.50. The molecule has 0 amide bonds. The third-order valence-corrected chi connectivity index (χ3v) is 3.87. The number of benzene rings is 1. The number of nitrogens with two attached hydrogens (primary N) is 1. The van der Waals surface area contributed by atoms with Crippen molar-refractivity contribution >= 4 is 5.69 Å². The van der Waals surface area contributed by atoms with Gasteiger partial charge in [-0.1, -0.05) is 13.0 Å². The van der Waals surface area contributed by atoms with E-state index in [2.05, 4.69) is 18.7 Å². The molecule has 1 aromatic rings. The number of anilines is 1. The number of nitrogens with zero attached hydrogens (tertiary/aromatic N) is 2. The van der Waals surface area contributed by atoms with E-state index in [1.807, 2.05) is 4.90 Å². The maximum absolute atomic E-state index is 14.1. The zero-order valence-corrected chi connectivity index (χ0v) is 11.5. The normalized spacial score (nSPS) is 20.9. The van der Waals surface area contributed by atoms with Gasteiger partial charge in [0.25, 0.3) is 0 Å². The van der Waals surface area contributed by atoms with Crippen LogP contribution in [0.5, 0.6) is 0 Å². The third kappa shape index (κ3) is 2.72. The number of halogens is 2. The molecular weight excluding hydrogens is 248 g/mol. The number of rotatable bonds is 3. The molecule has 2 N–H and O–H groups in total. The summed E-state index contributed by atoms with van der Waals surface area (Å²) >= 11 is 0. The maximum atomic E-state index is 14.1. The summed E-state index contributed by atoms with van der Waals surface area (Å²) in [5, 5.41) is 0. The van der Waals surface area contributed by atoms with Gasteiger partial charge in [-0.25, -0.2) is 8.78 Å². The molecule has 0 aromatic heterocycles. The molecule has 1 saturated heterocycles. The molecule has 2 rings (SSSR count). The minimum atomic E-state index is -0.814. The van der Waals surface area contributed by atoms with Crippen LogP contribution in [0.2, 0.25) is 0 Å². The van der Waals surface area contributed by atoms with E-state index in [-0.39, 0.29) is 12.1 Å². The van der Waals surface area contributed by atoms with E-state index in [9.17, 15) is 8.78 Å². The second-order valence-electron chi connectivity index (χ2n) is 5.00. The van der Waals surface area contributed by atoms with Crippen LogP contribution in [0.1, 0.15) is 19.4 Å². The van der Waals surface area contributed by atoms with Crippen molar-refractivity contribution in [2.24, 2.45) is 5.73 Å². The molecule has 1 fully saturated rings. The zero-order chi connectivity index (χ0) is 14.0. The molecule has 1 heterocycles. The van der Waals surface area contributed by atoms with Gasteiger partial charge in [0.15, 0.2) is 11.6 Å². The standard InChI is InChI=1S/C14H21F2N3/c1-3-18-6-7-19(9-10(18)2)12-5-4-11(8-17)13(15)14(12)16/h4-5,10H,3,6-9,17H2,1-2H3. The number of hydrogen-bond acceptors (Lipinski definition) is 3. The average molecular weight is 269 g/mol. The highest BCUT2D eigenvalue weighted by Crippen LogP contribution is 2.26. The summed E-state index contributed by atoms with van der Waals surface area (Å²) in [5.41, 5.74) is 5.95. The molecule has 1 atom stereocenters. The molecule has 1 aromatic carbocycles. The molecule has 1 aliphatic rings. The first-order valence-electron chi connectivity index (χ1n) is 6.74. The molecule has 1 aliphatic heterocycles. The van der Waals surface area contributed by atoms with Crippen molar-refractivity contribution in [2.45, 2.75) is 26.4 Å². The van der Waals surface area contributed by atoms with Crippen LogP contribution in [0.15, 0.2) is 12.1 Å². The summed E-state index contributed by atoms with van der Waals surface area (Å²) in [6.45, 7) is 7.53. The Labute approximate surface area is 113 Å². The lowest BCUT2D eigenvalue weighted by atomic mass is 10.1. The van der Waals surface area contributed by atoms with Gasteiger partial charge in [0.05, 0.1) is 5.69 Å². The van der Waals surface area contributed by atoms with Gasteiger partial charge in [0.1, 0.15) is 0 Å². The number of hydrogen-bond donors (Lipinski definition) is 1. The fourth-order valence-corrected chi connectivity index (χ4v) is 2.66. The van der Waals surface area contributed by atoms with Crippen molar-refractivity contribution in [1.29, 1.82) is 0 Å². The predicted octanol–water partition coefficient (Wildman–Crippen LogP) is 1.95. The molecule has 3 nitrogen and oxygen atoms in total. The lowest BCUT2D eigenvalue weighted by Gasteiger charge is -2.40. The molecular formula is C14H21F2N3. The Balaban J connectivity index is 2.22. The minimum absolute atomic E-state index is 0.0169. The van der Waals surface area contributed by atoms with Crippen molar-refractivity contribution in [1.82, 2.24) is 4.90 Å². The molecule has 0 aliphatic carbocycles. The molecule has 1 unspecified atom stereocenters. The van der Waals surface area contributed by atoms with Gasteiger partial charge >= 0.3 is 0 Å². The molecule has 19 heavy (non-hydrogen) atoms.